The summed E-state index contributed by atoms with van der Waals surface area (Å²) >= 11 is 0. The summed E-state index contributed by atoms with van der Waals surface area (Å²) in [6, 6.07) is 16.1. The van der Waals surface area contributed by atoms with E-state index in [9.17, 15) is 19.5 Å². The minimum atomic E-state index is -1.40. The summed E-state index contributed by atoms with van der Waals surface area (Å²) in [7, 11) is 0. The van der Waals surface area contributed by atoms with Gasteiger partial charge in [-0.1, -0.05) is 48.5 Å². The van der Waals surface area contributed by atoms with Crippen molar-refractivity contribution in [3.63, 3.8) is 0 Å². The highest BCUT2D eigenvalue weighted by Crippen LogP contribution is 2.44. The highest BCUT2D eigenvalue weighted by molar-refractivity contribution is 5.89. The number of hydrogen-bond acceptors (Lipinski definition) is 4. The molecule has 0 aliphatic heterocycles. The van der Waals surface area contributed by atoms with Crippen molar-refractivity contribution < 1.29 is 24.2 Å². The molecule has 0 fully saturated rings. The van der Waals surface area contributed by atoms with E-state index in [0.717, 1.165) is 22.3 Å². The van der Waals surface area contributed by atoms with E-state index >= 15 is 0 Å². The first-order valence-electron chi connectivity index (χ1n) is 10.2. The highest BCUT2D eigenvalue weighted by Gasteiger charge is 2.36. The molecule has 0 saturated heterocycles. The second kappa shape index (κ2) is 8.41. The molecule has 31 heavy (non-hydrogen) atoms. The minimum absolute atomic E-state index is 0.00517. The molecule has 2 aromatic carbocycles. The van der Waals surface area contributed by atoms with Crippen LogP contribution < -0.4 is 10.6 Å². The Balaban J connectivity index is 1.58. The van der Waals surface area contributed by atoms with Crippen LogP contribution in [0.1, 0.15) is 44.7 Å². The molecule has 2 amide bonds. The number of carboxylic acids is 1. The zero-order valence-corrected chi connectivity index (χ0v) is 18.2. The molecule has 1 aliphatic rings. The van der Waals surface area contributed by atoms with Gasteiger partial charge in [-0.3, -0.25) is 4.79 Å². The number of rotatable bonds is 7. The number of carbonyl (C=O) groups excluding carboxylic acids is 2. The third-order valence-corrected chi connectivity index (χ3v) is 5.59. The van der Waals surface area contributed by atoms with E-state index < -0.39 is 28.9 Å². The van der Waals surface area contributed by atoms with Gasteiger partial charge >= 0.3 is 12.1 Å². The van der Waals surface area contributed by atoms with Crippen LogP contribution in [0.4, 0.5) is 4.79 Å². The smallest absolute Gasteiger partial charge is 0.407 e. The third kappa shape index (κ3) is 4.71. The number of alkyl carbamates (subject to hydrolysis) is 1. The summed E-state index contributed by atoms with van der Waals surface area (Å²) in [5, 5.41) is 14.3. The summed E-state index contributed by atoms with van der Waals surface area (Å²) in [6.45, 7) is 6.25. The average molecular weight is 424 g/mol. The summed E-state index contributed by atoms with van der Waals surface area (Å²) < 4.78 is 5.48. The number of amides is 2. The lowest BCUT2D eigenvalue weighted by atomic mass is 9.90. The van der Waals surface area contributed by atoms with Gasteiger partial charge in [0.2, 0.25) is 5.91 Å². The predicted octanol–water partition coefficient (Wildman–Crippen LogP) is 3.53. The maximum absolute atomic E-state index is 12.5. The van der Waals surface area contributed by atoms with Crippen LogP contribution in [0.3, 0.4) is 0 Å². The maximum Gasteiger partial charge on any atom is 0.407 e. The van der Waals surface area contributed by atoms with E-state index in [1.807, 2.05) is 36.4 Å². The Hall–Kier alpha value is -3.35. The van der Waals surface area contributed by atoms with E-state index in [2.05, 4.69) is 22.8 Å². The molecule has 0 atom stereocenters. The largest absolute Gasteiger partial charge is 0.480 e. The zero-order chi connectivity index (χ0) is 22.8. The van der Waals surface area contributed by atoms with E-state index in [-0.39, 0.29) is 19.1 Å². The van der Waals surface area contributed by atoms with Crippen molar-refractivity contribution in [2.75, 3.05) is 13.2 Å². The molecule has 0 bridgehead atoms. The van der Waals surface area contributed by atoms with Crippen LogP contribution >= 0.6 is 0 Å². The van der Waals surface area contributed by atoms with Crippen molar-refractivity contribution in [2.45, 2.75) is 39.2 Å². The topological polar surface area (TPSA) is 105 Å². The number of carboxylic acid groups (broad SMARTS) is 1. The molecule has 1 aliphatic carbocycles. The average Bonchev–Trinajstić information content (AvgIpc) is 3.04. The Morgan fingerprint density at radius 1 is 0.935 bits per heavy atom. The quantitative estimate of drug-likeness (QED) is 0.631. The number of hydrogen-bond donors (Lipinski definition) is 3. The minimum Gasteiger partial charge on any atom is -0.480 e. The van der Waals surface area contributed by atoms with Gasteiger partial charge in [0.25, 0.3) is 0 Å². The maximum atomic E-state index is 12.5. The number of aliphatic carboxylic acids is 1. The van der Waals surface area contributed by atoms with Crippen LogP contribution in [0.15, 0.2) is 48.5 Å². The normalized spacial score (nSPS) is 13.2. The van der Waals surface area contributed by atoms with Gasteiger partial charge in [0.05, 0.1) is 5.41 Å². The summed E-state index contributed by atoms with van der Waals surface area (Å²) in [5.41, 5.74) is 2.10. The summed E-state index contributed by atoms with van der Waals surface area (Å²) in [4.78, 5) is 36.0. The lowest BCUT2D eigenvalue weighted by Gasteiger charge is -2.29. The second-order valence-electron chi connectivity index (χ2n) is 8.95. The van der Waals surface area contributed by atoms with Crippen LogP contribution in [0.2, 0.25) is 0 Å². The van der Waals surface area contributed by atoms with Crippen LogP contribution in [0, 0.1) is 5.41 Å². The Labute approximate surface area is 181 Å². The summed E-state index contributed by atoms with van der Waals surface area (Å²) in [6.07, 6.45) is -0.625. The van der Waals surface area contributed by atoms with Crippen molar-refractivity contribution in [3.8, 4) is 11.1 Å². The Bertz CT molecular complexity index is 967. The fraction of sp³-hybridized carbons (Fsp3) is 0.375. The molecule has 7 heteroatoms. The molecule has 2 aromatic rings. The molecule has 3 N–H and O–H groups in total. The fourth-order valence-electron chi connectivity index (χ4n) is 3.53. The van der Waals surface area contributed by atoms with Crippen molar-refractivity contribution in [2.24, 2.45) is 5.41 Å². The SMILES string of the molecule is CC(C)(CNC(=O)OCC1c2ccccc2-c2ccccc21)C(=O)NC(C)(C)C(=O)O. The lowest BCUT2D eigenvalue weighted by molar-refractivity contribution is -0.147. The molecule has 0 spiro atoms. The van der Waals surface area contributed by atoms with Gasteiger partial charge in [0, 0.05) is 12.5 Å². The highest BCUT2D eigenvalue weighted by atomic mass is 16.5. The molecular weight excluding hydrogens is 396 g/mol. The first-order chi connectivity index (χ1) is 14.5. The zero-order valence-electron chi connectivity index (χ0n) is 18.2. The van der Waals surface area contributed by atoms with Crippen molar-refractivity contribution in [1.82, 2.24) is 10.6 Å². The Morgan fingerprint density at radius 2 is 1.45 bits per heavy atom. The van der Waals surface area contributed by atoms with E-state index in [0.29, 0.717) is 0 Å². The van der Waals surface area contributed by atoms with Crippen LogP contribution in [-0.2, 0) is 14.3 Å². The molecule has 0 unspecified atom stereocenters. The van der Waals surface area contributed by atoms with Gasteiger partial charge in [0.15, 0.2) is 0 Å². The molecular formula is C24H28N2O5. The second-order valence-corrected chi connectivity index (χ2v) is 8.95. The molecule has 0 saturated carbocycles. The van der Waals surface area contributed by atoms with Gasteiger partial charge in [-0.05, 0) is 49.9 Å². The molecule has 0 heterocycles. The number of carbonyl (C=O) groups is 3. The van der Waals surface area contributed by atoms with Crippen LogP contribution in [-0.4, -0.2) is 41.8 Å². The standard InChI is InChI=1S/C24H28N2O5/c1-23(2,20(27)26-24(3,4)21(28)29)14-25-22(30)31-13-19-17-11-7-5-9-15(17)16-10-6-8-12-18(16)19/h5-12,19H,13-14H2,1-4H3,(H,25,30)(H,26,27)(H,28,29). The molecule has 164 valence electrons. The van der Waals surface area contributed by atoms with Crippen LogP contribution in [0.25, 0.3) is 11.1 Å². The predicted molar refractivity (Wildman–Crippen MR) is 117 cm³/mol. The van der Waals surface area contributed by atoms with E-state index in [4.69, 9.17) is 4.74 Å². The summed E-state index contributed by atoms with van der Waals surface area (Å²) in [5.74, 6) is -1.66. The first-order valence-corrected chi connectivity index (χ1v) is 10.2. The van der Waals surface area contributed by atoms with Crippen molar-refractivity contribution >= 4 is 18.0 Å². The number of benzene rings is 2. The van der Waals surface area contributed by atoms with Gasteiger partial charge in [-0.15, -0.1) is 0 Å². The van der Waals surface area contributed by atoms with Crippen molar-refractivity contribution in [3.05, 3.63) is 59.7 Å². The Morgan fingerprint density at radius 3 is 1.97 bits per heavy atom. The molecule has 3 rings (SSSR count). The van der Waals surface area contributed by atoms with Crippen molar-refractivity contribution in [1.29, 1.82) is 0 Å². The third-order valence-electron chi connectivity index (χ3n) is 5.59. The molecule has 7 nitrogen and oxygen atoms in total. The van der Waals surface area contributed by atoms with E-state index in [1.54, 1.807) is 13.8 Å². The Kier molecular flexibility index (Phi) is 6.06. The van der Waals surface area contributed by atoms with Gasteiger partial charge in [-0.2, -0.15) is 0 Å². The fourth-order valence-corrected chi connectivity index (χ4v) is 3.53. The monoisotopic (exact) mass is 424 g/mol. The number of nitrogens with one attached hydrogen (secondary N) is 2. The van der Waals surface area contributed by atoms with Gasteiger partial charge in [-0.25, -0.2) is 9.59 Å². The van der Waals surface area contributed by atoms with Gasteiger partial charge < -0.3 is 20.5 Å². The lowest BCUT2D eigenvalue weighted by Crippen LogP contribution is -2.55. The van der Waals surface area contributed by atoms with Crippen LogP contribution in [0.5, 0.6) is 0 Å². The van der Waals surface area contributed by atoms with Gasteiger partial charge in [0.1, 0.15) is 12.1 Å². The molecule has 0 aromatic heterocycles. The number of fused-ring (bicyclic) bond motifs is 3. The first kappa shape index (κ1) is 22.3. The number of ether oxygens (including phenoxy) is 1. The van der Waals surface area contributed by atoms with E-state index in [1.165, 1.54) is 13.8 Å². The molecule has 0 radical (unpaired) electrons.